The fourth-order valence-electron chi connectivity index (χ4n) is 2.71. The fraction of sp³-hybridized carbons (Fsp3) is 0.263. The van der Waals surface area contributed by atoms with Crippen LogP contribution in [0.3, 0.4) is 0 Å². The number of benzene rings is 2. The minimum absolute atomic E-state index is 0.147. The average molecular weight is 435 g/mol. The monoisotopic (exact) mass is 434 g/mol. The van der Waals surface area contributed by atoms with E-state index in [-0.39, 0.29) is 22.3 Å². The van der Waals surface area contributed by atoms with Crippen LogP contribution in [0.4, 0.5) is 11.4 Å². The molecule has 0 aliphatic rings. The van der Waals surface area contributed by atoms with E-state index in [4.69, 9.17) is 16.3 Å². The van der Waals surface area contributed by atoms with Crippen molar-refractivity contribution in [2.24, 2.45) is 0 Å². The molecule has 152 valence electrons. The lowest BCUT2D eigenvalue weighted by Gasteiger charge is -2.14. The summed E-state index contributed by atoms with van der Waals surface area (Å²) >= 11 is 7.37. The number of anilines is 1. The standard InChI is InChI=1S/C19H19ClN4O4S/c1-12(18(25)21-16-11-13(24(26)27)7-8-14(16)20)29-19-22-15-5-3-4-6-17(15)23(19)9-10-28-2/h3-8,11-12H,9-10H2,1-2H3,(H,21,25). The van der Waals surface area contributed by atoms with Gasteiger partial charge in [-0.25, -0.2) is 4.98 Å². The van der Waals surface area contributed by atoms with E-state index in [1.165, 1.54) is 30.0 Å². The van der Waals surface area contributed by atoms with Crippen LogP contribution in [0.15, 0.2) is 47.6 Å². The van der Waals surface area contributed by atoms with E-state index in [1.807, 2.05) is 28.8 Å². The number of nitro benzene ring substituents is 1. The highest BCUT2D eigenvalue weighted by Crippen LogP contribution is 2.30. The summed E-state index contributed by atoms with van der Waals surface area (Å²) in [6.07, 6.45) is 0. The van der Waals surface area contributed by atoms with Crippen molar-refractivity contribution >= 4 is 51.7 Å². The summed E-state index contributed by atoms with van der Waals surface area (Å²) in [7, 11) is 1.63. The Balaban J connectivity index is 1.79. The summed E-state index contributed by atoms with van der Waals surface area (Å²) in [6, 6.07) is 11.6. The van der Waals surface area contributed by atoms with E-state index in [2.05, 4.69) is 10.3 Å². The number of amides is 1. The van der Waals surface area contributed by atoms with Crippen molar-refractivity contribution in [1.82, 2.24) is 9.55 Å². The second-order valence-electron chi connectivity index (χ2n) is 6.20. The van der Waals surface area contributed by atoms with Crippen LogP contribution in [0.2, 0.25) is 5.02 Å². The highest BCUT2D eigenvalue weighted by molar-refractivity contribution is 8.00. The molecule has 29 heavy (non-hydrogen) atoms. The number of para-hydroxylation sites is 2. The maximum atomic E-state index is 12.7. The second kappa shape index (κ2) is 9.25. The smallest absolute Gasteiger partial charge is 0.271 e. The Labute approximate surface area is 176 Å². The fourth-order valence-corrected chi connectivity index (χ4v) is 3.83. The minimum atomic E-state index is -0.539. The Morgan fingerprint density at radius 1 is 1.38 bits per heavy atom. The van der Waals surface area contributed by atoms with Crippen LogP contribution in [0.25, 0.3) is 11.0 Å². The molecule has 10 heteroatoms. The predicted octanol–water partition coefficient (Wildman–Crippen LogP) is 4.36. The summed E-state index contributed by atoms with van der Waals surface area (Å²) in [4.78, 5) is 27.7. The zero-order valence-electron chi connectivity index (χ0n) is 15.8. The molecule has 2 aromatic carbocycles. The summed E-state index contributed by atoms with van der Waals surface area (Å²) in [5.41, 5.74) is 1.85. The Morgan fingerprint density at radius 2 is 2.14 bits per heavy atom. The molecule has 0 fully saturated rings. The predicted molar refractivity (Wildman–Crippen MR) is 114 cm³/mol. The number of rotatable bonds is 8. The molecular weight excluding hydrogens is 416 g/mol. The van der Waals surface area contributed by atoms with Gasteiger partial charge in [-0.05, 0) is 25.1 Å². The molecule has 0 saturated heterocycles. The number of hydrogen-bond acceptors (Lipinski definition) is 6. The number of carbonyl (C=O) groups excluding carboxylic acids is 1. The number of nitrogens with zero attached hydrogens (tertiary/aromatic N) is 3. The van der Waals surface area contributed by atoms with Gasteiger partial charge in [-0.2, -0.15) is 0 Å². The number of nitrogens with one attached hydrogen (secondary N) is 1. The van der Waals surface area contributed by atoms with Gasteiger partial charge >= 0.3 is 0 Å². The molecule has 8 nitrogen and oxygen atoms in total. The summed E-state index contributed by atoms with van der Waals surface area (Å²) in [5.74, 6) is -0.331. The number of ether oxygens (including phenoxy) is 1. The van der Waals surface area contributed by atoms with Crippen LogP contribution < -0.4 is 5.32 Å². The molecule has 0 aliphatic heterocycles. The van der Waals surface area contributed by atoms with E-state index >= 15 is 0 Å². The number of fused-ring (bicyclic) bond motifs is 1. The van der Waals surface area contributed by atoms with Gasteiger partial charge < -0.3 is 14.6 Å². The molecule has 1 N–H and O–H groups in total. The van der Waals surface area contributed by atoms with Crippen molar-refractivity contribution in [3.8, 4) is 0 Å². The first-order valence-corrected chi connectivity index (χ1v) is 10.0. The number of methoxy groups -OCH3 is 1. The zero-order chi connectivity index (χ0) is 21.0. The molecule has 1 atom stereocenters. The van der Waals surface area contributed by atoms with Crippen LogP contribution in [0.1, 0.15) is 6.92 Å². The molecule has 1 unspecified atom stereocenters. The number of non-ortho nitro benzene ring substituents is 1. The SMILES string of the molecule is COCCn1c(SC(C)C(=O)Nc2cc([N+](=O)[O-])ccc2Cl)nc2ccccc21. The van der Waals surface area contributed by atoms with E-state index in [0.29, 0.717) is 18.3 Å². The molecule has 0 saturated carbocycles. The Kier molecular flexibility index (Phi) is 6.73. The first kappa shape index (κ1) is 21.1. The minimum Gasteiger partial charge on any atom is -0.383 e. The number of aromatic nitrogens is 2. The van der Waals surface area contributed by atoms with Gasteiger partial charge in [0.1, 0.15) is 0 Å². The zero-order valence-corrected chi connectivity index (χ0v) is 17.4. The number of hydrogen-bond donors (Lipinski definition) is 1. The van der Waals surface area contributed by atoms with E-state index < -0.39 is 10.2 Å². The normalized spacial score (nSPS) is 12.1. The molecule has 3 aromatic rings. The molecule has 0 aliphatic carbocycles. The number of thioether (sulfide) groups is 1. The number of nitro groups is 1. The van der Waals surface area contributed by atoms with Crippen LogP contribution in [-0.4, -0.2) is 39.3 Å². The molecule has 0 spiro atoms. The van der Waals surface area contributed by atoms with Crippen LogP contribution in [0, 0.1) is 10.1 Å². The van der Waals surface area contributed by atoms with Gasteiger partial charge in [-0.15, -0.1) is 0 Å². The van der Waals surface area contributed by atoms with Crippen molar-refractivity contribution in [1.29, 1.82) is 0 Å². The first-order valence-electron chi connectivity index (χ1n) is 8.76. The molecule has 3 rings (SSSR count). The molecule has 1 amide bonds. The van der Waals surface area contributed by atoms with Gasteiger partial charge in [-0.3, -0.25) is 14.9 Å². The first-order chi connectivity index (χ1) is 13.9. The quantitative estimate of drug-likeness (QED) is 0.321. The molecule has 1 aromatic heterocycles. The third-order valence-corrected chi connectivity index (χ3v) is 5.63. The van der Waals surface area contributed by atoms with Crippen molar-refractivity contribution in [2.45, 2.75) is 23.9 Å². The lowest BCUT2D eigenvalue weighted by Crippen LogP contribution is -2.23. The van der Waals surface area contributed by atoms with Crippen molar-refractivity contribution in [3.63, 3.8) is 0 Å². The van der Waals surface area contributed by atoms with Crippen LogP contribution >= 0.6 is 23.4 Å². The summed E-state index contributed by atoms with van der Waals surface area (Å²) < 4.78 is 7.19. The van der Waals surface area contributed by atoms with Crippen LogP contribution in [-0.2, 0) is 16.1 Å². The summed E-state index contributed by atoms with van der Waals surface area (Å²) in [6.45, 7) is 2.85. The number of carbonyl (C=O) groups is 1. The van der Waals surface area contributed by atoms with E-state index in [1.54, 1.807) is 14.0 Å². The van der Waals surface area contributed by atoms with Gasteiger partial charge in [0.25, 0.3) is 5.69 Å². The maximum absolute atomic E-state index is 12.7. The summed E-state index contributed by atoms with van der Waals surface area (Å²) in [5, 5.41) is 14.0. The molecule has 1 heterocycles. The number of halogens is 1. The average Bonchev–Trinajstić information content (AvgIpc) is 3.04. The highest BCUT2D eigenvalue weighted by atomic mass is 35.5. The largest absolute Gasteiger partial charge is 0.383 e. The lowest BCUT2D eigenvalue weighted by molar-refractivity contribution is -0.384. The van der Waals surface area contributed by atoms with E-state index in [9.17, 15) is 14.9 Å². The molecule has 0 bridgehead atoms. The van der Waals surface area contributed by atoms with Crippen LogP contribution in [0.5, 0.6) is 0 Å². The van der Waals surface area contributed by atoms with Gasteiger partial charge in [-0.1, -0.05) is 35.5 Å². The van der Waals surface area contributed by atoms with Crippen molar-refractivity contribution in [2.75, 3.05) is 19.0 Å². The van der Waals surface area contributed by atoms with E-state index in [0.717, 1.165) is 11.0 Å². The molecule has 0 radical (unpaired) electrons. The Morgan fingerprint density at radius 3 is 2.86 bits per heavy atom. The van der Waals surface area contributed by atoms with Crippen molar-refractivity contribution < 1.29 is 14.5 Å². The van der Waals surface area contributed by atoms with Gasteiger partial charge in [0.05, 0.1) is 38.5 Å². The Hall–Kier alpha value is -2.62. The highest BCUT2D eigenvalue weighted by Gasteiger charge is 2.21. The maximum Gasteiger partial charge on any atom is 0.271 e. The Bertz CT molecular complexity index is 1060. The van der Waals surface area contributed by atoms with Crippen molar-refractivity contribution in [3.05, 3.63) is 57.6 Å². The third-order valence-electron chi connectivity index (χ3n) is 4.21. The van der Waals surface area contributed by atoms with Gasteiger partial charge in [0, 0.05) is 25.8 Å². The number of imidazole rings is 1. The topological polar surface area (TPSA) is 99.3 Å². The van der Waals surface area contributed by atoms with Gasteiger partial charge in [0.2, 0.25) is 5.91 Å². The molecular formula is C19H19ClN4O4S. The third kappa shape index (κ3) is 4.87. The van der Waals surface area contributed by atoms with Gasteiger partial charge in [0.15, 0.2) is 5.16 Å². The second-order valence-corrected chi connectivity index (χ2v) is 7.91. The lowest BCUT2D eigenvalue weighted by atomic mass is 10.2.